The topological polar surface area (TPSA) is 97.0 Å². The average Bonchev–Trinajstić information content (AvgIpc) is 2.85. The number of carboxylic acids is 1. The molecule has 18 heavy (non-hydrogen) atoms. The van der Waals surface area contributed by atoms with Crippen LogP contribution in [0, 0.1) is 0 Å². The van der Waals surface area contributed by atoms with Crippen LogP contribution in [0.3, 0.4) is 0 Å². The molecule has 0 bridgehead atoms. The second-order valence-electron chi connectivity index (χ2n) is 3.90. The Morgan fingerprint density at radius 2 is 2.11 bits per heavy atom. The molecule has 1 aliphatic rings. The van der Waals surface area contributed by atoms with Crippen molar-refractivity contribution in [3.8, 4) is 0 Å². The van der Waals surface area contributed by atoms with Gasteiger partial charge in [0.05, 0.1) is 6.54 Å². The fourth-order valence-corrected chi connectivity index (χ4v) is 1.96. The Kier molecular flexibility index (Phi) is 2.40. The van der Waals surface area contributed by atoms with Gasteiger partial charge in [-0.25, -0.2) is 14.8 Å². The third-order valence-corrected chi connectivity index (χ3v) is 2.82. The highest BCUT2D eigenvalue weighted by molar-refractivity contribution is 5.90. The number of hydrogen-bond donors (Lipinski definition) is 1. The summed E-state index contributed by atoms with van der Waals surface area (Å²) in [5, 5.41) is 16.9. The lowest BCUT2D eigenvalue weighted by Crippen LogP contribution is -2.35. The summed E-state index contributed by atoms with van der Waals surface area (Å²) in [7, 11) is 0. The molecule has 0 aromatic carbocycles. The molecule has 0 saturated heterocycles. The van der Waals surface area contributed by atoms with Gasteiger partial charge < -0.3 is 14.6 Å². The van der Waals surface area contributed by atoms with Crippen LogP contribution in [0.1, 0.15) is 16.3 Å². The van der Waals surface area contributed by atoms with E-state index in [0.29, 0.717) is 25.5 Å². The summed E-state index contributed by atoms with van der Waals surface area (Å²) in [6.45, 7) is 1.85. The molecule has 8 nitrogen and oxygen atoms in total. The first kappa shape index (κ1) is 10.6. The van der Waals surface area contributed by atoms with Gasteiger partial charge in [0.15, 0.2) is 17.3 Å². The molecule has 0 radical (unpaired) electrons. The molecule has 0 saturated carbocycles. The van der Waals surface area contributed by atoms with Gasteiger partial charge >= 0.3 is 5.97 Å². The van der Waals surface area contributed by atoms with Crippen molar-refractivity contribution in [2.24, 2.45) is 0 Å². The predicted octanol–water partition coefficient (Wildman–Crippen LogP) is -0.214. The fourth-order valence-electron chi connectivity index (χ4n) is 1.96. The maximum Gasteiger partial charge on any atom is 0.358 e. The molecular formula is C10H10N6O2. The van der Waals surface area contributed by atoms with Crippen LogP contribution in [0.25, 0.3) is 0 Å². The Morgan fingerprint density at radius 3 is 2.94 bits per heavy atom. The standard InChI is InChI=1S/C10H10N6O2/c17-10(18)8-9(12-2-1-11-8)15-3-4-16-6-13-14-7(16)5-15/h1-2,6H,3-5H2,(H,17,18). The van der Waals surface area contributed by atoms with Crippen molar-refractivity contribution in [2.75, 3.05) is 11.4 Å². The first-order valence-corrected chi connectivity index (χ1v) is 5.41. The lowest BCUT2D eigenvalue weighted by molar-refractivity contribution is 0.0690. The summed E-state index contributed by atoms with van der Waals surface area (Å²) in [6, 6.07) is 0. The Balaban J connectivity index is 1.95. The van der Waals surface area contributed by atoms with Gasteiger partial charge in [0.25, 0.3) is 0 Å². The Bertz CT molecular complexity index is 596. The molecule has 1 N–H and O–H groups in total. The molecule has 3 heterocycles. The molecule has 0 spiro atoms. The van der Waals surface area contributed by atoms with Gasteiger partial charge in [-0.05, 0) is 0 Å². The van der Waals surface area contributed by atoms with E-state index in [0.717, 1.165) is 5.82 Å². The molecular weight excluding hydrogens is 236 g/mol. The van der Waals surface area contributed by atoms with Gasteiger partial charge in [-0.2, -0.15) is 0 Å². The molecule has 0 unspecified atom stereocenters. The maximum atomic E-state index is 11.1. The van der Waals surface area contributed by atoms with E-state index in [1.165, 1.54) is 12.4 Å². The van der Waals surface area contributed by atoms with E-state index in [2.05, 4.69) is 20.2 Å². The van der Waals surface area contributed by atoms with Crippen LogP contribution in [0.4, 0.5) is 5.82 Å². The minimum atomic E-state index is -1.08. The quantitative estimate of drug-likeness (QED) is 0.782. The Hall–Kier alpha value is -2.51. The lowest BCUT2D eigenvalue weighted by atomic mass is 10.3. The summed E-state index contributed by atoms with van der Waals surface area (Å²) in [5.41, 5.74) is -0.0366. The zero-order valence-corrected chi connectivity index (χ0v) is 9.39. The van der Waals surface area contributed by atoms with Gasteiger partial charge in [-0.15, -0.1) is 10.2 Å². The van der Waals surface area contributed by atoms with E-state index >= 15 is 0 Å². The average molecular weight is 246 g/mol. The zero-order valence-electron chi connectivity index (χ0n) is 9.39. The number of anilines is 1. The van der Waals surface area contributed by atoms with Crippen molar-refractivity contribution in [1.29, 1.82) is 0 Å². The largest absolute Gasteiger partial charge is 0.476 e. The van der Waals surface area contributed by atoms with Crippen LogP contribution < -0.4 is 4.90 Å². The number of fused-ring (bicyclic) bond motifs is 1. The van der Waals surface area contributed by atoms with E-state index in [9.17, 15) is 4.79 Å². The van der Waals surface area contributed by atoms with Gasteiger partial charge in [-0.1, -0.05) is 0 Å². The number of aromatic carboxylic acids is 1. The van der Waals surface area contributed by atoms with Gasteiger partial charge in [-0.3, -0.25) is 0 Å². The van der Waals surface area contributed by atoms with E-state index in [1.54, 1.807) is 6.33 Å². The normalized spacial score (nSPS) is 14.3. The van der Waals surface area contributed by atoms with E-state index in [4.69, 9.17) is 5.11 Å². The SMILES string of the molecule is O=C(O)c1nccnc1N1CCn2cnnc2C1. The third-order valence-electron chi connectivity index (χ3n) is 2.82. The summed E-state index contributed by atoms with van der Waals surface area (Å²) >= 11 is 0. The van der Waals surface area contributed by atoms with Gasteiger partial charge in [0.1, 0.15) is 6.33 Å². The van der Waals surface area contributed by atoms with E-state index in [1.807, 2.05) is 9.47 Å². The van der Waals surface area contributed by atoms with Gasteiger partial charge in [0, 0.05) is 25.5 Å². The second kappa shape index (κ2) is 4.06. The highest BCUT2D eigenvalue weighted by Crippen LogP contribution is 2.20. The second-order valence-corrected chi connectivity index (χ2v) is 3.90. The first-order valence-electron chi connectivity index (χ1n) is 5.41. The zero-order chi connectivity index (χ0) is 12.5. The Labute approximate surface area is 102 Å². The van der Waals surface area contributed by atoms with Crippen LogP contribution >= 0.6 is 0 Å². The van der Waals surface area contributed by atoms with Crippen LogP contribution in [-0.4, -0.2) is 42.4 Å². The van der Waals surface area contributed by atoms with Crippen molar-refractivity contribution in [1.82, 2.24) is 24.7 Å². The third kappa shape index (κ3) is 1.67. The van der Waals surface area contributed by atoms with Crippen molar-refractivity contribution in [3.05, 3.63) is 30.2 Å². The van der Waals surface area contributed by atoms with Crippen molar-refractivity contribution in [2.45, 2.75) is 13.1 Å². The maximum absolute atomic E-state index is 11.1. The smallest absolute Gasteiger partial charge is 0.358 e. The number of hydrogen-bond acceptors (Lipinski definition) is 6. The van der Waals surface area contributed by atoms with Crippen molar-refractivity contribution < 1.29 is 9.90 Å². The minimum absolute atomic E-state index is 0.0366. The summed E-state index contributed by atoms with van der Waals surface area (Å²) in [4.78, 5) is 20.9. The van der Waals surface area contributed by atoms with E-state index in [-0.39, 0.29) is 5.69 Å². The van der Waals surface area contributed by atoms with Crippen LogP contribution in [0.5, 0.6) is 0 Å². The van der Waals surface area contributed by atoms with Crippen molar-refractivity contribution in [3.63, 3.8) is 0 Å². The molecule has 1 aliphatic heterocycles. The molecule has 0 amide bonds. The number of aromatic nitrogens is 5. The van der Waals surface area contributed by atoms with Crippen LogP contribution in [0.2, 0.25) is 0 Å². The molecule has 3 rings (SSSR count). The molecule has 2 aromatic heterocycles. The summed E-state index contributed by atoms with van der Waals surface area (Å²) in [5.74, 6) is 0.0904. The molecule has 8 heteroatoms. The number of carboxylic acid groups (broad SMARTS) is 1. The monoisotopic (exact) mass is 246 g/mol. The summed E-state index contributed by atoms with van der Waals surface area (Å²) < 4.78 is 1.94. The highest BCUT2D eigenvalue weighted by atomic mass is 16.4. The highest BCUT2D eigenvalue weighted by Gasteiger charge is 2.23. The molecule has 0 fully saturated rings. The van der Waals surface area contributed by atoms with Gasteiger partial charge in [0.2, 0.25) is 0 Å². The fraction of sp³-hybridized carbons (Fsp3) is 0.300. The lowest BCUT2D eigenvalue weighted by Gasteiger charge is -2.28. The molecule has 2 aromatic rings. The Morgan fingerprint density at radius 1 is 1.28 bits per heavy atom. The molecule has 92 valence electrons. The summed E-state index contributed by atoms with van der Waals surface area (Å²) in [6.07, 6.45) is 4.53. The van der Waals surface area contributed by atoms with Crippen LogP contribution in [-0.2, 0) is 13.1 Å². The number of carbonyl (C=O) groups is 1. The molecule has 0 atom stereocenters. The predicted molar refractivity (Wildman–Crippen MR) is 60.1 cm³/mol. The van der Waals surface area contributed by atoms with Crippen molar-refractivity contribution >= 4 is 11.8 Å². The number of rotatable bonds is 2. The molecule has 0 aliphatic carbocycles. The van der Waals surface area contributed by atoms with E-state index < -0.39 is 5.97 Å². The minimum Gasteiger partial charge on any atom is -0.476 e. The number of nitrogens with zero attached hydrogens (tertiary/aromatic N) is 6. The first-order chi connectivity index (χ1) is 8.75. The van der Waals surface area contributed by atoms with Crippen LogP contribution in [0.15, 0.2) is 18.7 Å².